The maximum atomic E-state index is 12.6. The molecule has 0 fully saturated rings. The lowest BCUT2D eigenvalue weighted by atomic mass is 10.1. The Morgan fingerprint density at radius 2 is 1.85 bits per heavy atom. The number of hydrogen-bond donors (Lipinski definition) is 2. The zero-order chi connectivity index (χ0) is 23.9. The minimum Gasteiger partial charge on any atom is -0.496 e. The molecule has 4 rings (SSSR count). The summed E-state index contributed by atoms with van der Waals surface area (Å²) in [6.45, 7) is 0.630. The van der Waals surface area contributed by atoms with Gasteiger partial charge >= 0.3 is 0 Å². The van der Waals surface area contributed by atoms with E-state index < -0.39 is 5.91 Å². The third kappa shape index (κ3) is 5.46. The molecule has 0 spiro atoms. The predicted molar refractivity (Wildman–Crippen MR) is 134 cm³/mol. The van der Waals surface area contributed by atoms with Crippen LogP contribution < -0.4 is 15.8 Å². The van der Waals surface area contributed by atoms with Gasteiger partial charge in [-0.25, -0.2) is 0 Å². The van der Waals surface area contributed by atoms with Crippen LogP contribution in [0.1, 0.15) is 15.9 Å². The van der Waals surface area contributed by atoms with Gasteiger partial charge in [0.25, 0.3) is 5.91 Å². The second-order valence-electron chi connectivity index (χ2n) is 7.26. The standard InChI is InChI=1S/C24H23N5O3S2/c1-32-19-10-6-5-9-17(19)22-27-28-24(29(22)13-11-16-7-3-2-4-8-16)34-15-20(30)26-23-18(21(25)31)12-14-33-23/h2-10,12,14H,11,13,15H2,1H3,(H2,25,31)(H,26,30). The highest BCUT2D eigenvalue weighted by Crippen LogP contribution is 2.31. The van der Waals surface area contributed by atoms with Crippen LogP contribution in [-0.4, -0.2) is 39.4 Å². The Balaban J connectivity index is 1.55. The molecule has 2 amide bonds. The van der Waals surface area contributed by atoms with Crippen molar-refractivity contribution >= 4 is 39.9 Å². The molecule has 3 N–H and O–H groups in total. The Bertz CT molecular complexity index is 1290. The van der Waals surface area contributed by atoms with Gasteiger partial charge in [0.1, 0.15) is 10.8 Å². The number of methoxy groups -OCH3 is 1. The third-order valence-corrected chi connectivity index (χ3v) is 6.84. The maximum Gasteiger partial charge on any atom is 0.251 e. The Kier molecular flexibility index (Phi) is 7.61. The molecule has 10 heteroatoms. The molecule has 2 heterocycles. The number of rotatable bonds is 10. The minimum absolute atomic E-state index is 0.103. The van der Waals surface area contributed by atoms with Crippen LogP contribution in [0.25, 0.3) is 11.4 Å². The van der Waals surface area contributed by atoms with Crippen molar-refractivity contribution < 1.29 is 14.3 Å². The smallest absolute Gasteiger partial charge is 0.251 e. The average molecular weight is 494 g/mol. The van der Waals surface area contributed by atoms with Gasteiger partial charge in [-0.1, -0.05) is 54.2 Å². The second kappa shape index (κ2) is 11.0. The van der Waals surface area contributed by atoms with Gasteiger partial charge in [0.05, 0.1) is 24.0 Å². The molecule has 0 bridgehead atoms. The highest BCUT2D eigenvalue weighted by Gasteiger charge is 2.19. The zero-order valence-electron chi connectivity index (χ0n) is 18.4. The van der Waals surface area contributed by atoms with Crippen molar-refractivity contribution in [2.75, 3.05) is 18.2 Å². The first kappa shape index (κ1) is 23.5. The number of nitrogens with two attached hydrogens (primary N) is 1. The largest absolute Gasteiger partial charge is 0.496 e. The summed E-state index contributed by atoms with van der Waals surface area (Å²) < 4.78 is 7.53. The SMILES string of the molecule is COc1ccccc1-c1nnc(SCC(=O)Nc2sccc2C(N)=O)n1CCc1ccccc1. The second-order valence-corrected chi connectivity index (χ2v) is 9.12. The van der Waals surface area contributed by atoms with Crippen LogP contribution in [0.5, 0.6) is 5.75 Å². The van der Waals surface area contributed by atoms with Crippen LogP contribution >= 0.6 is 23.1 Å². The summed E-state index contributed by atoms with van der Waals surface area (Å²) in [6.07, 6.45) is 0.776. The van der Waals surface area contributed by atoms with Crippen molar-refractivity contribution in [1.29, 1.82) is 0 Å². The van der Waals surface area contributed by atoms with E-state index in [1.54, 1.807) is 18.6 Å². The van der Waals surface area contributed by atoms with E-state index >= 15 is 0 Å². The van der Waals surface area contributed by atoms with Gasteiger partial charge in [-0.3, -0.25) is 9.59 Å². The van der Waals surface area contributed by atoms with Crippen LogP contribution in [-0.2, 0) is 17.8 Å². The number of thioether (sulfide) groups is 1. The number of nitrogens with zero attached hydrogens (tertiary/aromatic N) is 3. The highest BCUT2D eigenvalue weighted by molar-refractivity contribution is 7.99. The number of primary amides is 1. The topological polar surface area (TPSA) is 112 Å². The molecule has 2 aromatic heterocycles. The number of thiophene rings is 1. The number of aromatic nitrogens is 3. The van der Waals surface area contributed by atoms with Gasteiger partial charge in [-0.2, -0.15) is 0 Å². The molecule has 34 heavy (non-hydrogen) atoms. The number of carbonyl (C=O) groups excluding carboxylic acids is 2. The third-order valence-electron chi connectivity index (χ3n) is 5.05. The average Bonchev–Trinajstić information content (AvgIpc) is 3.49. The molecule has 4 aromatic rings. The molecular formula is C24H23N5O3S2. The number of carbonyl (C=O) groups is 2. The lowest BCUT2D eigenvalue weighted by Crippen LogP contribution is -2.18. The molecule has 0 unspecified atom stereocenters. The number of anilines is 1. The number of hydrogen-bond acceptors (Lipinski definition) is 7. The van der Waals surface area contributed by atoms with Crippen LogP contribution in [0.4, 0.5) is 5.00 Å². The molecule has 174 valence electrons. The van der Waals surface area contributed by atoms with Gasteiger partial charge < -0.3 is 20.4 Å². The van der Waals surface area contributed by atoms with Crippen LogP contribution in [0.2, 0.25) is 0 Å². The van der Waals surface area contributed by atoms with E-state index in [1.165, 1.54) is 28.7 Å². The maximum absolute atomic E-state index is 12.6. The van der Waals surface area contributed by atoms with Crippen LogP contribution in [0, 0.1) is 0 Å². The number of para-hydroxylation sites is 1. The number of benzene rings is 2. The summed E-state index contributed by atoms with van der Waals surface area (Å²) in [5, 5.41) is 14.3. The van der Waals surface area contributed by atoms with Crippen LogP contribution in [0.3, 0.4) is 0 Å². The van der Waals surface area contributed by atoms with E-state index in [2.05, 4.69) is 27.6 Å². The summed E-state index contributed by atoms with van der Waals surface area (Å²) in [5.41, 5.74) is 7.67. The van der Waals surface area contributed by atoms with E-state index in [-0.39, 0.29) is 11.7 Å². The van der Waals surface area contributed by atoms with Gasteiger partial charge in [0, 0.05) is 6.54 Å². The Labute approximate surface area is 205 Å². The molecular weight excluding hydrogens is 470 g/mol. The van der Waals surface area contributed by atoms with Crippen LogP contribution in [0.15, 0.2) is 71.2 Å². The van der Waals surface area contributed by atoms with Crippen molar-refractivity contribution in [3.05, 3.63) is 77.2 Å². The first-order chi connectivity index (χ1) is 16.6. The van der Waals surface area contributed by atoms with Gasteiger partial charge in [-0.15, -0.1) is 21.5 Å². The van der Waals surface area contributed by atoms with E-state index in [0.29, 0.717) is 33.8 Å². The number of amides is 2. The van der Waals surface area contributed by atoms with Crippen molar-refractivity contribution in [1.82, 2.24) is 14.8 Å². The molecule has 0 aliphatic rings. The summed E-state index contributed by atoms with van der Waals surface area (Å²) in [6, 6.07) is 19.4. The summed E-state index contributed by atoms with van der Waals surface area (Å²) in [4.78, 5) is 24.1. The number of nitrogens with one attached hydrogen (secondary N) is 1. The van der Waals surface area contributed by atoms with Crippen molar-refractivity contribution in [2.24, 2.45) is 5.73 Å². The lowest BCUT2D eigenvalue weighted by molar-refractivity contribution is -0.113. The summed E-state index contributed by atoms with van der Waals surface area (Å²) in [5.74, 6) is 0.635. The van der Waals surface area contributed by atoms with E-state index in [0.717, 1.165) is 12.0 Å². The molecule has 0 atom stereocenters. The van der Waals surface area contributed by atoms with Crippen molar-refractivity contribution in [3.8, 4) is 17.1 Å². The van der Waals surface area contributed by atoms with E-state index in [1.807, 2.05) is 47.0 Å². The highest BCUT2D eigenvalue weighted by atomic mass is 32.2. The predicted octanol–water partition coefficient (Wildman–Crippen LogP) is 4.09. The molecule has 0 saturated heterocycles. The first-order valence-corrected chi connectivity index (χ1v) is 12.3. The lowest BCUT2D eigenvalue weighted by Gasteiger charge is -2.12. The number of aryl methyl sites for hydroxylation is 1. The van der Waals surface area contributed by atoms with Gasteiger partial charge in [0.15, 0.2) is 11.0 Å². The Hall–Kier alpha value is -3.63. The van der Waals surface area contributed by atoms with Crippen molar-refractivity contribution in [3.63, 3.8) is 0 Å². The fourth-order valence-corrected chi connectivity index (χ4v) is 4.98. The monoisotopic (exact) mass is 493 g/mol. The molecule has 0 aliphatic heterocycles. The molecule has 0 aliphatic carbocycles. The molecule has 0 radical (unpaired) electrons. The van der Waals surface area contributed by atoms with Crippen molar-refractivity contribution in [2.45, 2.75) is 18.1 Å². The first-order valence-electron chi connectivity index (χ1n) is 10.5. The fourth-order valence-electron chi connectivity index (χ4n) is 3.40. The van der Waals surface area contributed by atoms with E-state index in [4.69, 9.17) is 10.5 Å². The van der Waals surface area contributed by atoms with E-state index in [9.17, 15) is 9.59 Å². The molecule has 0 saturated carbocycles. The molecule has 2 aromatic carbocycles. The summed E-state index contributed by atoms with van der Waals surface area (Å²) >= 11 is 2.53. The quantitative estimate of drug-likeness (QED) is 0.322. The number of ether oxygens (including phenoxy) is 1. The fraction of sp³-hybridized carbons (Fsp3) is 0.167. The Morgan fingerprint density at radius 3 is 2.62 bits per heavy atom. The summed E-state index contributed by atoms with van der Waals surface area (Å²) in [7, 11) is 1.62. The zero-order valence-corrected chi connectivity index (χ0v) is 20.1. The normalized spacial score (nSPS) is 10.7. The minimum atomic E-state index is -0.577. The van der Waals surface area contributed by atoms with Gasteiger partial charge in [0.2, 0.25) is 5.91 Å². The Morgan fingerprint density at radius 1 is 1.09 bits per heavy atom. The molecule has 8 nitrogen and oxygen atoms in total. The van der Waals surface area contributed by atoms with Gasteiger partial charge in [-0.05, 0) is 35.6 Å².